The highest BCUT2D eigenvalue weighted by molar-refractivity contribution is 7.15. The number of nitrogens with one attached hydrogen (secondary N) is 1. The van der Waals surface area contributed by atoms with Crippen LogP contribution in [0.25, 0.3) is 10.4 Å². The lowest BCUT2D eigenvalue weighted by Crippen LogP contribution is -2.54. The van der Waals surface area contributed by atoms with Crippen LogP contribution < -0.4 is 5.32 Å². The molecule has 0 saturated carbocycles. The Kier molecular flexibility index (Phi) is 6.04. The smallest absolute Gasteiger partial charge is 0.229 e. The van der Waals surface area contributed by atoms with Crippen LogP contribution in [0.5, 0.6) is 0 Å². The van der Waals surface area contributed by atoms with E-state index in [1.807, 2.05) is 12.1 Å². The molecule has 0 atom stereocenters. The zero-order valence-corrected chi connectivity index (χ0v) is 21.9. The van der Waals surface area contributed by atoms with E-state index >= 15 is 0 Å². The van der Waals surface area contributed by atoms with E-state index in [1.54, 1.807) is 11.3 Å². The number of carbonyl (C=O) groups excluding carboxylic acids is 1. The van der Waals surface area contributed by atoms with Gasteiger partial charge in [0.05, 0.1) is 45.5 Å². The van der Waals surface area contributed by atoms with Crippen molar-refractivity contribution in [3.8, 4) is 10.4 Å². The first-order valence-corrected chi connectivity index (χ1v) is 13.8. The summed E-state index contributed by atoms with van der Waals surface area (Å²) in [6, 6.07) is 16.8. The number of benzene rings is 2. The Morgan fingerprint density at radius 2 is 1.86 bits per heavy atom. The zero-order chi connectivity index (χ0) is 24.7. The van der Waals surface area contributed by atoms with Gasteiger partial charge < -0.3 is 15.1 Å². The molecule has 1 amide bonds. The molecule has 3 aliphatic heterocycles. The SMILES string of the molecule is Cc1cccc(-c2sc(C)nc2CN2CCCC3(CCN(C4=Nc5ccccc5NC4)CC3)C2=O)c1. The number of para-hydroxylation sites is 2. The van der Waals surface area contributed by atoms with Crippen molar-refractivity contribution >= 4 is 34.5 Å². The van der Waals surface area contributed by atoms with Crippen LogP contribution in [-0.2, 0) is 11.3 Å². The molecule has 36 heavy (non-hydrogen) atoms. The van der Waals surface area contributed by atoms with Gasteiger partial charge in [-0.15, -0.1) is 11.3 Å². The Morgan fingerprint density at radius 3 is 2.69 bits per heavy atom. The van der Waals surface area contributed by atoms with Gasteiger partial charge in [-0.3, -0.25) is 4.79 Å². The maximum Gasteiger partial charge on any atom is 0.229 e. The minimum atomic E-state index is -0.246. The molecule has 1 N–H and O–H groups in total. The molecule has 1 aromatic heterocycles. The van der Waals surface area contributed by atoms with E-state index in [9.17, 15) is 4.79 Å². The predicted octanol–water partition coefficient (Wildman–Crippen LogP) is 5.79. The van der Waals surface area contributed by atoms with E-state index in [2.05, 4.69) is 65.4 Å². The minimum absolute atomic E-state index is 0.246. The Balaban J connectivity index is 1.17. The third-order valence-corrected chi connectivity index (χ3v) is 8.99. The molecule has 7 heteroatoms. The topological polar surface area (TPSA) is 60.8 Å². The number of piperidine rings is 2. The summed E-state index contributed by atoms with van der Waals surface area (Å²) in [6.45, 7) is 8.11. The van der Waals surface area contributed by atoms with Gasteiger partial charge in [0.15, 0.2) is 0 Å². The number of aromatic nitrogens is 1. The van der Waals surface area contributed by atoms with Gasteiger partial charge in [0, 0.05) is 19.6 Å². The average Bonchev–Trinajstić information content (AvgIpc) is 3.27. The number of aliphatic imine (C=N–C) groups is 1. The van der Waals surface area contributed by atoms with Crippen LogP contribution in [0.2, 0.25) is 0 Å². The van der Waals surface area contributed by atoms with E-state index in [0.29, 0.717) is 12.5 Å². The van der Waals surface area contributed by atoms with Gasteiger partial charge in [0.25, 0.3) is 0 Å². The quantitative estimate of drug-likeness (QED) is 0.496. The molecule has 2 saturated heterocycles. The summed E-state index contributed by atoms with van der Waals surface area (Å²) in [4.78, 5) is 29.3. The molecular formula is C29H33N5OS. The lowest BCUT2D eigenvalue weighted by Gasteiger charge is -2.47. The standard InChI is InChI=1S/C29H33N5OS/c1-20-7-5-8-22(17-20)27-25(31-21(2)36-27)19-34-14-6-11-29(28(34)35)12-15-33(16-13-29)26-18-30-23-9-3-4-10-24(23)32-26/h3-5,7-10,17,30H,6,11-16,18-19H2,1-2H3. The minimum Gasteiger partial charge on any atom is -0.376 e. The fourth-order valence-corrected chi connectivity index (χ4v) is 6.91. The van der Waals surface area contributed by atoms with E-state index < -0.39 is 0 Å². The number of carbonyl (C=O) groups is 1. The number of thiazole rings is 1. The molecule has 3 aliphatic rings. The first-order chi connectivity index (χ1) is 17.5. The highest BCUT2D eigenvalue weighted by atomic mass is 32.1. The molecule has 3 aromatic rings. The second-order valence-electron chi connectivity index (χ2n) is 10.4. The van der Waals surface area contributed by atoms with Gasteiger partial charge in [-0.25, -0.2) is 9.98 Å². The van der Waals surface area contributed by atoms with Crippen LogP contribution in [0.1, 0.15) is 41.9 Å². The van der Waals surface area contributed by atoms with Crippen molar-refractivity contribution in [1.82, 2.24) is 14.8 Å². The summed E-state index contributed by atoms with van der Waals surface area (Å²) in [6.07, 6.45) is 3.84. The number of amidine groups is 1. The molecule has 1 spiro atoms. The Bertz CT molecular complexity index is 1320. The van der Waals surface area contributed by atoms with Crippen molar-refractivity contribution in [3.63, 3.8) is 0 Å². The van der Waals surface area contributed by atoms with E-state index in [0.717, 1.165) is 79.8 Å². The third-order valence-electron chi connectivity index (χ3n) is 7.93. The molecular weight excluding hydrogens is 466 g/mol. The molecule has 0 bridgehead atoms. The summed E-state index contributed by atoms with van der Waals surface area (Å²) in [5, 5.41) is 4.55. The van der Waals surface area contributed by atoms with Crippen LogP contribution in [-0.4, -0.2) is 52.7 Å². The molecule has 6 rings (SSSR count). The monoisotopic (exact) mass is 499 g/mol. The molecule has 2 fully saturated rings. The zero-order valence-electron chi connectivity index (χ0n) is 21.1. The van der Waals surface area contributed by atoms with E-state index in [-0.39, 0.29) is 5.41 Å². The van der Waals surface area contributed by atoms with Crippen molar-refractivity contribution in [3.05, 3.63) is 64.8 Å². The number of hydrogen-bond acceptors (Lipinski definition) is 6. The highest BCUT2D eigenvalue weighted by Gasteiger charge is 2.46. The van der Waals surface area contributed by atoms with E-state index in [1.165, 1.54) is 16.0 Å². The summed E-state index contributed by atoms with van der Waals surface area (Å²) in [7, 11) is 0. The van der Waals surface area contributed by atoms with Gasteiger partial charge in [-0.2, -0.15) is 0 Å². The fraction of sp³-hybridized carbons (Fsp3) is 0.414. The average molecular weight is 500 g/mol. The molecule has 0 unspecified atom stereocenters. The van der Waals surface area contributed by atoms with Gasteiger partial charge >= 0.3 is 0 Å². The number of likely N-dealkylation sites (tertiary alicyclic amines) is 2. The molecule has 2 aromatic carbocycles. The summed E-state index contributed by atoms with van der Waals surface area (Å²) >= 11 is 1.73. The van der Waals surface area contributed by atoms with Crippen molar-refractivity contribution in [2.75, 3.05) is 31.5 Å². The molecule has 4 heterocycles. The largest absolute Gasteiger partial charge is 0.376 e. The molecule has 186 valence electrons. The van der Waals surface area contributed by atoms with Crippen LogP contribution in [0.15, 0.2) is 53.5 Å². The summed E-state index contributed by atoms with van der Waals surface area (Å²) in [5.74, 6) is 1.41. The first-order valence-electron chi connectivity index (χ1n) is 13.0. The first kappa shape index (κ1) is 23.2. The predicted molar refractivity (Wildman–Crippen MR) is 147 cm³/mol. The van der Waals surface area contributed by atoms with Gasteiger partial charge in [0.1, 0.15) is 5.84 Å². The summed E-state index contributed by atoms with van der Waals surface area (Å²) < 4.78 is 0. The number of rotatable bonds is 3. The molecule has 0 radical (unpaired) electrons. The molecule has 6 nitrogen and oxygen atoms in total. The second kappa shape index (κ2) is 9.36. The Hall–Kier alpha value is -3.19. The van der Waals surface area contributed by atoms with Crippen molar-refractivity contribution in [2.45, 2.75) is 46.1 Å². The number of amides is 1. The van der Waals surface area contributed by atoms with Gasteiger partial charge in [-0.05, 0) is 57.2 Å². The van der Waals surface area contributed by atoms with Crippen LogP contribution in [0, 0.1) is 19.3 Å². The number of anilines is 1. The van der Waals surface area contributed by atoms with Gasteiger partial charge in [-0.1, -0.05) is 42.0 Å². The maximum absolute atomic E-state index is 13.9. The number of hydrogen-bond donors (Lipinski definition) is 1. The normalized spacial score (nSPS) is 19.2. The maximum atomic E-state index is 13.9. The highest BCUT2D eigenvalue weighted by Crippen LogP contribution is 2.42. The lowest BCUT2D eigenvalue weighted by atomic mass is 9.71. The van der Waals surface area contributed by atoms with Crippen LogP contribution in [0.3, 0.4) is 0 Å². The van der Waals surface area contributed by atoms with Crippen molar-refractivity contribution < 1.29 is 4.79 Å². The molecule has 0 aliphatic carbocycles. The second-order valence-corrected chi connectivity index (χ2v) is 11.6. The van der Waals surface area contributed by atoms with E-state index in [4.69, 9.17) is 9.98 Å². The van der Waals surface area contributed by atoms with Crippen molar-refractivity contribution in [2.24, 2.45) is 10.4 Å². The van der Waals surface area contributed by atoms with Gasteiger partial charge in [0.2, 0.25) is 5.91 Å². The number of nitrogens with zero attached hydrogens (tertiary/aromatic N) is 4. The number of aryl methyl sites for hydroxylation is 2. The van der Waals surface area contributed by atoms with Crippen LogP contribution >= 0.6 is 11.3 Å². The third kappa shape index (κ3) is 4.30. The van der Waals surface area contributed by atoms with Crippen LogP contribution in [0.4, 0.5) is 11.4 Å². The fourth-order valence-electron chi connectivity index (χ4n) is 5.99. The lowest BCUT2D eigenvalue weighted by molar-refractivity contribution is -0.150. The summed E-state index contributed by atoms with van der Waals surface area (Å²) in [5.41, 5.74) is 5.32. The van der Waals surface area contributed by atoms with Crippen molar-refractivity contribution in [1.29, 1.82) is 0 Å². The Labute approximate surface area is 217 Å². The Morgan fingerprint density at radius 1 is 1.03 bits per heavy atom. The number of fused-ring (bicyclic) bond motifs is 1.